The standard InChI is InChI=1S/C15H11FNO2P/c1-9(18)19-12-4-5-13(14(16)7-12)10-2-3-11(8-17)15(20)6-10/h2-7H,20H2,1H3. The number of carbonyl (C=O) groups is 1. The molecule has 0 fully saturated rings. The summed E-state index contributed by atoms with van der Waals surface area (Å²) in [6.07, 6.45) is 0. The largest absolute Gasteiger partial charge is 0.427 e. The monoisotopic (exact) mass is 287 g/mol. The third kappa shape index (κ3) is 3.01. The highest BCUT2D eigenvalue weighted by atomic mass is 31.0. The van der Waals surface area contributed by atoms with Gasteiger partial charge in [-0.15, -0.1) is 9.24 Å². The molecule has 0 bridgehead atoms. The van der Waals surface area contributed by atoms with E-state index in [2.05, 4.69) is 9.24 Å². The van der Waals surface area contributed by atoms with Gasteiger partial charge in [-0.25, -0.2) is 4.39 Å². The maximum Gasteiger partial charge on any atom is 0.308 e. The number of nitrogens with zero attached hydrogens (tertiary/aromatic N) is 1. The summed E-state index contributed by atoms with van der Waals surface area (Å²) >= 11 is 0. The number of halogens is 1. The van der Waals surface area contributed by atoms with Crippen molar-refractivity contribution >= 4 is 20.5 Å². The van der Waals surface area contributed by atoms with E-state index in [1.807, 2.05) is 6.07 Å². The minimum Gasteiger partial charge on any atom is -0.427 e. The van der Waals surface area contributed by atoms with Crippen LogP contribution in [0.4, 0.5) is 4.39 Å². The van der Waals surface area contributed by atoms with Gasteiger partial charge in [0, 0.05) is 18.6 Å². The second kappa shape index (κ2) is 5.81. The quantitative estimate of drug-likeness (QED) is 0.485. The molecule has 0 aromatic heterocycles. The molecule has 0 amide bonds. The predicted octanol–water partition coefficient (Wildman–Crippen LogP) is 2.79. The van der Waals surface area contributed by atoms with Crippen LogP contribution in [-0.2, 0) is 4.79 Å². The predicted molar refractivity (Wildman–Crippen MR) is 77.2 cm³/mol. The summed E-state index contributed by atoms with van der Waals surface area (Å²) in [6, 6.07) is 11.3. The van der Waals surface area contributed by atoms with Crippen LogP contribution in [0.25, 0.3) is 11.1 Å². The average molecular weight is 287 g/mol. The Morgan fingerprint density at radius 3 is 2.60 bits per heavy atom. The van der Waals surface area contributed by atoms with Crippen LogP contribution in [0.5, 0.6) is 5.75 Å². The highest BCUT2D eigenvalue weighted by Gasteiger charge is 2.09. The number of hydrogen-bond acceptors (Lipinski definition) is 3. The lowest BCUT2D eigenvalue weighted by Crippen LogP contribution is -2.02. The van der Waals surface area contributed by atoms with E-state index in [-0.39, 0.29) is 5.75 Å². The molecule has 0 aliphatic heterocycles. The molecule has 0 N–H and O–H groups in total. The van der Waals surface area contributed by atoms with Gasteiger partial charge in [-0.05, 0) is 35.1 Å². The first-order valence-corrected chi connectivity index (χ1v) is 6.37. The molecule has 20 heavy (non-hydrogen) atoms. The molecule has 0 radical (unpaired) electrons. The van der Waals surface area contributed by atoms with Crippen LogP contribution in [0.1, 0.15) is 12.5 Å². The summed E-state index contributed by atoms with van der Waals surface area (Å²) in [5, 5.41) is 9.57. The van der Waals surface area contributed by atoms with Gasteiger partial charge < -0.3 is 4.74 Å². The fourth-order valence-electron chi connectivity index (χ4n) is 1.79. The number of ether oxygens (including phenoxy) is 1. The van der Waals surface area contributed by atoms with E-state index in [9.17, 15) is 9.18 Å². The second-order valence-electron chi connectivity index (χ2n) is 4.15. The van der Waals surface area contributed by atoms with Crippen LogP contribution < -0.4 is 10.0 Å². The molecule has 3 nitrogen and oxygen atoms in total. The minimum absolute atomic E-state index is 0.165. The highest BCUT2D eigenvalue weighted by Crippen LogP contribution is 2.26. The summed E-state index contributed by atoms with van der Waals surface area (Å²) in [4.78, 5) is 10.8. The third-order valence-electron chi connectivity index (χ3n) is 2.69. The Hall–Kier alpha value is -2.24. The molecule has 5 heteroatoms. The van der Waals surface area contributed by atoms with Crippen LogP contribution in [0.3, 0.4) is 0 Å². The van der Waals surface area contributed by atoms with Gasteiger partial charge in [0.15, 0.2) is 0 Å². The topological polar surface area (TPSA) is 50.1 Å². The molecule has 0 aliphatic rings. The molecule has 2 rings (SSSR count). The van der Waals surface area contributed by atoms with Crippen LogP contribution >= 0.6 is 9.24 Å². The zero-order valence-corrected chi connectivity index (χ0v) is 11.8. The minimum atomic E-state index is -0.497. The van der Waals surface area contributed by atoms with Gasteiger partial charge in [0.25, 0.3) is 0 Å². The van der Waals surface area contributed by atoms with Crippen LogP contribution in [-0.4, -0.2) is 5.97 Å². The van der Waals surface area contributed by atoms with Crippen molar-refractivity contribution < 1.29 is 13.9 Å². The summed E-state index contributed by atoms with van der Waals surface area (Å²) in [5.41, 5.74) is 1.56. The van der Waals surface area contributed by atoms with Gasteiger partial charge in [0.1, 0.15) is 11.6 Å². The van der Waals surface area contributed by atoms with Crippen molar-refractivity contribution in [3.05, 3.63) is 47.8 Å². The first-order valence-electron chi connectivity index (χ1n) is 5.79. The van der Waals surface area contributed by atoms with E-state index in [1.165, 1.54) is 13.0 Å². The maximum absolute atomic E-state index is 14.0. The number of hydrogen-bond donors (Lipinski definition) is 0. The lowest BCUT2D eigenvalue weighted by atomic mass is 10.0. The van der Waals surface area contributed by atoms with Crippen molar-refractivity contribution in [3.63, 3.8) is 0 Å². The van der Waals surface area contributed by atoms with Crippen LogP contribution in [0, 0.1) is 17.1 Å². The molecule has 1 atom stereocenters. The van der Waals surface area contributed by atoms with Gasteiger partial charge in [-0.1, -0.05) is 6.07 Å². The Kier molecular flexibility index (Phi) is 4.12. The summed E-state index contributed by atoms with van der Waals surface area (Å²) < 4.78 is 18.9. The van der Waals surface area contributed by atoms with Crippen molar-refractivity contribution in [2.45, 2.75) is 6.92 Å². The molecule has 2 aromatic carbocycles. The molecule has 1 unspecified atom stereocenters. The lowest BCUT2D eigenvalue weighted by molar-refractivity contribution is -0.131. The Balaban J connectivity index is 2.41. The fraction of sp³-hybridized carbons (Fsp3) is 0.0667. The molecule has 2 aromatic rings. The van der Waals surface area contributed by atoms with E-state index in [0.29, 0.717) is 22.0 Å². The number of rotatable bonds is 2. The van der Waals surface area contributed by atoms with E-state index < -0.39 is 11.8 Å². The van der Waals surface area contributed by atoms with E-state index in [1.54, 1.807) is 24.3 Å². The molecule has 0 saturated carbocycles. The zero-order valence-electron chi connectivity index (χ0n) is 10.7. The van der Waals surface area contributed by atoms with Crippen LogP contribution in [0.15, 0.2) is 36.4 Å². The summed E-state index contributed by atoms with van der Waals surface area (Å²) in [5.74, 6) is -0.820. The Morgan fingerprint density at radius 1 is 1.30 bits per heavy atom. The number of nitriles is 1. The molecule has 0 aliphatic carbocycles. The number of carbonyl (C=O) groups excluding carboxylic acids is 1. The normalized spacial score (nSPS) is 9.90. The third-order valence-corrected chi connectivity index (χ3v) is 3.16. The Bertz CT molecular complexity index is 722. The molecular weight excluding hydrogens is 276 g/mol. The van der Waals surface area contributed by atoms with E-state index in [4.69, 9.17) is 10.00 Å². The summed E-state index contributed by atoms with van der Waals surface area (Å²) in [7, 11) is 2.45. The average Bonchev–Trinajstić information content (AvgIpc) is 2.38. The van der Waals surface area contributed by atoms with Gasteiger partial charge in [0.05, 0.1) is 11.6 Å². The van der Waals surface area contributed by atoms with Gasteiger partial charge in [-0.3, -0.25) is 4.79 Å². The van der Waals surface area contributed by atoms with Crippen molar-refractivity contribution in [1.82, 2.24) is 0 Å². The molecule has 0 saturated heterocycles. The van der Waals surface area contributed by atoms with Crippen molar-refractivity contribution in [1.29, 1.82) is 5.26 Å². The molecule has 0 spiro atoms. The van der Waals surface area contributed by atoms with Crippen molar-refractivity contribution in [2.24, 2.45) is 0 Å². The van der Waals surface area contributed by atoms with Gasteiger partial charge in [0.2, 0.25) is 0 Å². The molecule has 100 valence electrons. The molecule has 0 heterocycles. The maximum atomic E-state index is 14.0. The molecular formula is C15H11FNO2P. The smallest absolute Gasteiger partial charge is 0.308 e. The lowest BCUT2D eigenvalue weighted by Gasteiger charge is -2.07. The Labute approximate surface area is 118 Å². The first-order chi connectivity index (χ1) is 9.51. The Morgan fingerprint density at radius 2 is 2.05 bits per heavy atom. The van der Waals surface area contributed by atoms with E-state index in [0.717, 1.165) is 6.07 Å². The SMILES string of the molecule is CC(=O)Oc1ccc(-c2ccc(C#N)c(P)c2)c(F)c1. The zero-order chi connectivity index (χ0) is 14.7. The van der Waals surface area contributed by atoms with Crippen LogP contribution in [0.2, 0.25) is 0 Å². The van der Waals surface area contributed by atoms with Gasteiger partial charge in [-0.2, -0.15) is 5.26 Å². The fourth-order valence-corrected chi connectivity index (χ4v) is 2.13. The number of esters is 1. The highest BCUT2D eigenvalue weighted by molar-refractivity contribution is 7.27. The first kappa shape index (κ1) is 14.2. The second-order valence-corrected chi connectivity index (χ2v) is 4.77. The summed E-state index contributed by atoms with van der Waals surface area (Å²) in [6.45, 7) is 1.26. The van der Waals surface area contributed by atoms with Gasteiger partial charge >= 0.3 is 5.97 Å². The van der Waals surface area contributed by atoms with Crippen molar-refractivity contribution in [3.8, 4) is 22.9 Å². The van der Waals surface area contributed by atoms with E-state index >= 15 is 0 Å². The number of benzene rings is 2. The van der Waals surface area contributed by atoms with Crippen molar-refractivity contribution in [2.75, 3.05) is 0 Å².